The van der Waals surface area contributed by atoms with Crippen LogP contribution in [0.15, 0.2) is 18.2 Å². The zero-order valence-corrected chi connectivity index (χ0v) is 11.5. The summed E-state index contributed by atoms with van der Waals surface area (Å²) in [5.74, 6) is 0.812. The van der Waals surface area contributed by atoms with Gasteiger partial charge in [-0.3, -0.25) is 0 Å². The number of rotatable bonds is 6. The fourth-order valence-corrected chi connectivity index (χ4v) is 2.44. The SMILES string of the molecule is COc1ccc(C#N)cc1CNCC1(OC)CCC1. The molecule has 4 heteroatoms. The van der Waals surface area contributed by atoms with Crippen LogP contribution in [-0.4, -0.2) is 26.4 Å². The van der Waals surface area contributed by atoms with Crippen molar-refractivity contribution in [2.45, 2.75) is 31.4 Å². The van der Waals surface area contributed by atoms with Crippen LogP contribution in [0.2, 0.25) is 0 Å². The maximum atomic E-state index is 8.93. The zero-order valence-electron chi connectivity index (χ0n) is 11.5. The van der Waals surface area contributed by atoms with Gasteiger partial charge in [-0.15, -0.1) is 0 Å². The topological polar surface area (TPSA) is 54.3 Å². The Labute approximate surface area is 114 Å². The molecule has 0 aliphatic heterocycles. The van der Waals surface area contributed by atoms with Crippen LogP contribution in [0.1, 0.15) is 30.4 Å². The third-order valence-electron chi connectivity index (χ3n) is 3.87. The Balaban J connectivity index is 1.96. The average Bonchev–Trinajstić information content (AvgIpc) is 2.41. The number of nitrogens with zero attached hydrogens (tertiary/aromatic N) is 1. The van der Waals surface area contributed by atoms with Gasteiger partial charge in [0.05, 0.1) is 24.3 Å². The summed E-state index contributed by atoms with van der Waals surface area (Å²) in [4.78, 5) is 0. The smallest absolute Gasteiger partial charge is 0.123 e. The molecule has 1 aromatic carbocycles. The quantitative estimate of drug-likeness (QED) is 0.852. The standard InChI is InChI=1S/C15H20N2O2/c1-18-14-5-4-12(9-16)8-13(14)10-17-11-15(19-2)6-3-7-15/h4-5,8,17H,3,6-7,10-11H2,1-2H3. The second-order valence-electron chi connectivity index (χ2n) is 4.98. The lowest BCUT2D eigenvalue weighted by atomic mass is 9.80. The molecule has 102 valence electrons. The van der Waals surface area contributed by atoms with E-state index in [1.165, 1.54) is 6.42 Å². The molecule has 0 spiro atoms. The molecule has 1 fully saturated rings. The van der Waals surface area contributed by atoms with Crippen molar-refractivity contribution >= 4 is 0 Å². The summed E-state index contributed by atoms with van der Waals surface area (Å²) in [7, 11) is 3.42. The first kappa shape index (κ1) is 13.9. The lowest BCUT2D eigenvalue weighted by molar-refractivity contribution is -0.0695. The minimum absolute atomic E-state index is 0.0140. The molecular weight excluding hydrogens is 240 g/mol. The van der Waals surface area contributed by atoms with Crippen molar-refractivity contribution in [2.24, 2.45) is 0 Å². The molecule has 0 heterocycles. The van der Waals surface area contributed by atoms with Crippen molar-refractivity contribution in [1.82, 2.24) is 5.32 Å². The molecule has 1 N–H and O–H groups in total. The third kappa shape index (κ3) is 3.06. The van der Waals surface area contributed by atoms with E-state index in [0.29, 0.717) is 12.1 Å². The first-order chi connectivity index (χ1) is 9.23. The highest BCUT2D eigenvalue weighted by Crippen LogP contribution is 2.34. The molecule has 4 nitrogen and oxygen atoms in total. The molecule has 0 aromatic heterocycles. The molecule has 1 saturated carbocycles. The Morgan fingerprint density at radius 3 is 2.68 bits per heavy atom. The van der Waals surface area contributed by atoms with E-state index in [4.69, 9.17) is 14.7 Å². The fraction of sp³-hybridized carbons (Fsp3) is 0.533. The molecule has 0 saturated heterocycles. The first-order valence-corrected chi connectivity index (χ1v) is 6.56. The normalized spacial score (nSPS) is 16.5. The Morgan fingerprint density at radius 1 is 1.37 bits per heavy atom. The van der Waals surface area contributed by atoms with Crippen LogP contribution in [0, 0.1) is 11.3 Å². The van der Waals surface area contributed by atoms with E-state index < -0.39 is 0 Å². The lowest BCUT2D eigenvalue weighted by Gasteiger charge is -2.40. The molecule has 2 rings (SSSR count). The third-order valence-corrected chi connectivity index (χ3v) is 3.87. The second-order valence-corrected chi connectivity index (χ2v) is 4.98. The van der Waals surface area contributed by atoms with Gasteiger partial charge in [0, 0.05) is 25.8 Å². The molecule has 1 aromatic rings. The number of methoxy groups -OCH3 is 2. The number of ether oxygens (including phenoxy) is 2. The van der Waals surface area contributed by atoms with Gasteiger partial charge in [0.1, 0.15) is 5.75 Å². The van der Waals surface area contributed by atoms with E-state index in [0.717, 1.165) is 30.7 Å². The predicted octanol–water partition coefficient (Wildman–Crippen LogP) is 2.23. The Bertz CT molecular complexity index is 470. The molecular formula is C15H20N2O2. The predicted molar refractivity (Wildman–Crippen MR) is 73.0 cm³/mol. The monoisotopic (exact) mass is 260 g/mol. The van der Waals surface area contributed by atoms with Crippen molar-refractivity contribution in [3.8, 4) is 11.8 Å². The van der Waals surface area contributed by atoms with Crippen LogP contribution in [0.5, 0.6) is 5.75 Å². The largest absolute Gasteiger partial charge is 0.496 e. The molecule has 0 unspecified atom stereocenters. The summed E-state index contributed by atoms with van der Waals surface area (Å²) < 4.78 is 10.9. The van der Waals surface area contributed by atoms with Crippen LogP contribution in [-0.2, 0) is 11.3 Å². The van der Waals surface area contributed by atoms with Gasteiger partial charge in [-0.1, -0.05) is 0 Å². The van der Waals surface area contributed by atoms with E-state index in [-0.39, 0.29) is 5.60 Å². The Morgan fingerprint density at radius 2 is 2.16 bits per heavy atom. The highest BCUT2D eigenvalue weighted by molar-refractivity contribution is 5.42. The first-order valence-electron chi connectivity index (χ1n) is 6.56. The molecule has 0 atom stereocenters. The van der Waals surface area contributed by atoms with E-state index in [9.17, 15) is 0 Å². The van der Waals surface area contributed by atoms with E-state index >= 15 is 0 Å². The minimum atomic E-state index is 0.0140. The highest BCUT2D eigenvalue weighted by Gasteiger charge is 2.36. The maximum Gasteiger partial charge on any atom is 0.123 e. The van der Waals surface area contributed by atoms with Gasteiger partial charge < -0.3 is 14.8 Å². The average molecular weight is 260 g/mol. The van der Waals surface area contributed by atoms with Gasteiger partial charge in [-0.05, 0) is 37.5 Å². The van der Waals surface area contributed by atoms with Crippen molar-refractivity contribution in [2.75, 3.05) is 20.8 Å². The number of nitriles is 1. The molecule has 0 amide bonds. The van der Waals surface area contributed by atoms with Gasteiger partial charge in [-0.25, -0.2) is 0 Å². The molecule has 0 bridgehead atoms. The van der Waals surface area contributed by atoms with Crippen molar-refractivity contribution in [3.05, 3.63) is 29.3 Å². The maximum absolute atomic E-state index is 8.93. The van der Waals surface area contributed by atoms with Gasteiger partial charge in [0.2, 0.25) is 0 Å². The Hall–Kier alpha value is -1.57. The number of hydrogen-bond acceptors (Lipinski definition) is 4. The van der Waals surface area contributed by atoms with Crippen molar-refractivity contribution < 1.29 is 9.47 Å². The molecule has 1 aliphatic rings. The van der Waals surface area contributed by atoms with Crippen molar-refractivity contribution in [3.63, 3.8) is 0 Å². The van der Waals surface area contributed by atoms with Crippen LogP contribution < -0.4 is 10.1 Å². The lowest BCUT2D eigenvalue weighted by Crippen LogP contribution is -2.47. The van der Waals surface area contributed by atoms with Crippen molar-refractivity contribution in [1.29, 1.82) is 5.26 Å². The minimum Gasteiger partial charge on any atom is -0.496 e. The molecule has 1 aliphatic carbocycles. The van der Waals surface area contributed by atoms with Gasteiger partial charge in [-0.2, -0.15) is 5.26 Å². The van der Waals surface area contributed by atoms with Gasteiger partial charge in [0.25, 0.3) is 0 Å². The summed E-state index contributed by atoms with van der Waals surface area (Å²) in [6.45, 7) is 1.52. The van der Waals surface area contributed by atoms with Gasteiger partial charge >= 0.3 is 0 Å². The second kappa shape index (κ2) is 6.05. The fourth-order valence-electron chi connectivity index (χ4n) is 2.44. The summed E-state index contributed by atoms with van der Waals surface area (Å²) >= 11 is 0. The van der Waals surface area contributed by atoms with E-state index in [1.54, 1.807) is 20.3 Å². The van der Waals surface area contributed by atoms with Crippen LogP contribution >= 0.6 is 0 Å². The zero-order chi connectivity index (χ0) is 13.7. The molecule has 19 heavy (non-hydrogen) atoms. The van der Waals surface area contributed by atoms with E-state index in [2.05, 4.69) is 11.4 Å². The summed E-state index contributed by atoms with van der Waals surface area (Å²) in [6, 6.07) is 7.63. The van der Waals surface area contributed by atoms with E-state index in [1.807, 2.05) is 12.1 Å². The number of hydrogen-bond donors (Lipinski definition) is 1. The van der Waals surface area contributed by atoms with Crippen LogP contribution in [0.3, 0.4) is 0 Å². The summed E-state index contributed by atoms with van der Waals surface area (Å²) in [5.41, 5.74) is 1.68. The van der Waals surface area contributed by atoms with Crippen LogP contribution in [0.25, 0.3) is 0 Å². The number of nitrogens with one attached hydrogen (secondary N) is 1. The van der Waals surface area contributed by atoms with Gasteiger partial charge in [0.15, 0.2) is 0 Å². The summed E-state index contributed by atoms with van der Waals surface area (Å²) in [6.07, 6.45) is 3.47. The Kier molecular flexibility index (Phi) is 4.41. The van der Waals surface area contributed by atoms with Crippen LogP contribution in [0.4, 0.5) is 0 Å². The summed E-state index contributed by atoms with van der Waals surface area (Å²) in [5, 5.41) is 12.3. The highest BCUT2D eigenvalue weighted by atomic mass is 16.5. The molecule has 0 radical (unpaired) electrons. The number of benzene rings is 1.